The summed E-state index contributed by atoms with van der Waals surface area (Å²) in [6.07, 6.45) is 3.77. The van der Waals surface area contributed by atoms with Crippen LogP contribution in [0.1, 0.15) is 40.9 Å². The first-order valence-electron chi connectivity index (χ1n) is 8.88. The van der Waals surface area contributed by atoms with Crippen LogP contribution in [0.15, 0.2) is 40.2 Å². The van der Waals surface area contributed by atoms with Crippen LogP contribution in [0.2, 0.25) is 0 Å². The summed E-state index contributed by atoms with van der Waals surface area (Å²) in [6, 6.07) is 10.5. The fraction of sp³-hybridized carbons (Fsp3) is 0.400. The van der Waals surface area contributed by atoms with Gasteiger partial charge in [-0.25, -0.2) is 0 Å². The van der Waals surface area contributed by atoms with E-state index in [-0.39, 0.29) is 23.4 Å². The Morgan fingerprint density at radius 1 is 1.12 bits per heavy atom. The molecule has 0 spiro atoms. The SMILES string of the molecule is O=C(c1ccc(O)cc1)C1CCN(C(=O)CCCc2ccc(Br)s2)CC1. The van der Waals surface area contributed by atoms with Crippen molar-refractivity contribution in [1.82, 2.24) is 4.90 Å². The zero-order valence-electron chi connectivity index (χ0n) is 14.5. The maximum Gasteiger partial charge on any atom is 0.222 e. The Bertz CT molecular complexity index is 764. The predicted octanol–water partition coefficient (Wildman–Crippen LogP) is 4.66. The molecule has 1 amide bonds. The minimum Gasteiger partial charge on any atom is -0.508 e. The fourth-order valence-electron chi connectivity index (χ4n) is 3.31. The molecular formula is C20H22BrNO3S. The fourth-order valence-corrected chi connectivity index (χ4v) is 4.84. The number of nitrogens with zero attached hydrogens (tertiary/aromatic N) is 1. The number of ketones is 1. The maximum absolute atomic E-state index is 12.5. The molecule has 0 aliphatic carbocycles. The molecule has 1 N–H and O–H groups in total. The van der Waals surface area contributed by atoms with Crippen LogP contribution < -0.4 is 0 Å². The zero-order valence-corrected chi connectivity index (χ0v) is 16.9. The number of benzene rings is 1. The van der Waals surface area contributed by atoms with Crippen LogP contribution in [0.4, 0.5) is 0 Å². The van der Waals surface area contributed by atoms with Gasteiger partial charge in [0.1, 0.15) is 5.75 Å². The van der Waals surface area contributed by atoms with E-state index in [1.807, 2.05) is 11.0 Å². The smallest absolute Gasteiger partial charge is 0.222 e. The monoisotopic (exact) mass is 435 g/mol. The molecule has 1 aromatic heterocycles. The Kier molecular flexibility index (Phi) is 6.48. The molecule has 1 fully saturated rings. The lowest BCUT2D eigenvalue weighted by atomic mass is 9.88. The summed E-state index contributed by atoms with van der Waals surface area (Å²) < 4.78 is 1.12. The van der Waals surface area contributed by atoms with E-state index in [1.165, 1.54) is 17.0 Å². The number of thiophene rings is 1. The van der Waals surface area contributed by atoms with Gasteiger partial charge >= 0.3 is 0 Å². The van der Waals surface area contributed by atoms with Gasteiger partial charge in [0.2, 0.25) is 5.91 Å². The van der Waals surface area contributed by atoms with Crippen LogP contribution in [-0.2, 0) is 11.2 Å². The van der Waals surface area contributed by atoms with E-state index in [0.717, 1.165) is 16.6 Å². The number of carbonyl (C=O) groups is 2. The van der Waals surface area contributed by atoms with E-state index < -0.39 is 0 Å². The largest absolute Gasteiger partial charge is 0.508 e. The molecule has 0 atom stereocenters. The molecule has 1 aromatic carbocycles. The van der Waals surface area contributed by atoms with Crippen LogP contribution >= 0.6 is 27.3 Å². The Morgan fingerprint density at radius 3 is 2.42 bits per heavy atom. The summed E-state index contributed by atoms with van der Waals surface area (Å²) in [7, 11) is 0. The highest BCUT2D eigenvalue weighted by Gasteiger charge is 2.27. The van der Waals surface area contributed by atoms with E-state index in [0.29, 0.717) is 37.9 Å². The van der Waals surface area contributed by atoms with Crippen molar-refractivity contribution in [3.8, 4) is 5.75 Å². The van der Waals surface area contributed by atoms with Crippen LogP contribution in [-0.4, -0.2) is 34.8 Å². The van der Waals surface area contributed by atoms with Gasteiger partial charge in [0.05, 0.1) is 3.79 Å². The number of halogens is 1. The standard InChI is InChI=1S/C20H22BrNO3S/c21-18-9-8-17(26-18)2-1-3-19(24)22-12-10-15(11-13-22)20(25)14-4-6-16(23)7-5-14/h4-9,15,23H,1-3,10-13H2. The Labute approximate surface area is 166 Å². The van der Waals surface area contributed by atoms with Crippen molar-refractivity contribution in [2.75, 3.05) is 13.1 Å². The molecule has 6 heteroatoms. The number of aromatic hydroxyl groups is 1. The Balaban J connectivity index is 1.43. The lowest BCUT2D eigenvalue weighted by molar-refractivity contribution is -0.132. The number of likely N-dealkylation sites (tertiary alicyclic amines) is 1. The van der Waals surface area contributed by atoms with E-state index >= 15 is 0 Å². The lowest BCUT2D eigenvalue weighted by Gasteiger charge is -2.31. The van der Waals surface area contributed by atoms with Crippen molar-refractivity contribution in [3.05, 3.63) is 50.6 Å². The average Bonchev–Trinajstić information content (AvgIpc) is 3.07. The Morgan fingerprint density at radius 2 is 1.81 bits per heavy atom. The summed E-state index contributed by atoms with van der Waals surface area (Å²) in [4.78, 5) is 28.1. The predicted molar refractivity (Wildman–Crippen MR) is 107 cm³/mol. The van der Waals surface area contributed by atoms with Crippen LogP contribution in [0.5, 0.6) is 5.75 Å². The molecule has 1 saturated heterocycles. The molecule has 0 radical (unpaired) electrons. The van der Waals surface area contributed by atoms with Crippen molar-refractivity contribution in [2.24, 2.45) is 5.92 Å². The number of amides is 1. The van der Waals surface area contributed by atoms with Gasteiger partial charge in [-0.3, -0.25) is 9.59 Å². The quantitative estimate of drug-likeness (QED) is 0.671. The van der Waals surface area contributed by atoms with Gasteiger partial charge in [0, 0.05) is 35.9 Å². The van der Waals surface area contributed by atoms with Crippen molar-refractivity contribution in [2.45, 2.75) is 32.1 Å². The molecule has 138 valence electrons. The normalized spacial score (nSPS) is 15.2. The van der Waals surface area contributed by atoms with Gasteiger partial charge in [-0.1, -0.05) is 0 Å². The minimum absolute atomic E-state index is 0.0351. The topological polar surface area (TPSA) is 57.6 Å². The molecule has 1 aliphatic rings. The molecule has 0 bridgehead atoms. The van der Waals surface area contributed by atoms with Gasteiger partial charge in [-0.15, -0.1) is 11.3 Å². The number of phenolic OH excluding ortho intramolecular Hbond substituents is 1. The number of hydrogen-bond acceptors (Lipinski definition) is 4. The van der Waals surface area contributed by atoms with Crippen molar-refractivity contribution in [1.29, 1.82) is 0 Å². The molecule has 2 heterocycles. The number of hydrogen-bond donors (Lipinski definition) is 1. The number of Topliss-reactive ketones (excluding diaryl/α,β-unsaturated/α-hetero) is 1. The first kappa shape index (κ1) is 19.1. The van der Waals surface area contributed by atoms with Gasteiger partial charge in [0.25, 0.3) is 0 Å². The third-order valence-electron chi connectivity index (χ3n) is 4.81. The summed E-state index contributed by atoms with van der Waals surface area (Å²) in [6.45, 7) is 1.30. The Hall–Kier alpha value is -1.66. The van der Waals surface area contributed by atoms with E-state index in [9.17, 15) is 14.7 Å². The van der Waals surface area contributed by atoms with Gasteiger partial charge in [0.15, 0.2) is 5.78 Å². The third-order valence-corrected chi connectivity index (χ3v) is 6.50. The highest BCUT2D eigenvalue weighted by Crippen LogP contribution is 2.25. The first-order chi connectivity index (χ1) is 12.5. The summed E-state index contributed by atoms with van der Waals surface area (Å²) in [5.74, 6) is 0.431. The number of rotatable bonds is 6. The lowest BCUT2D eigenvalue weighted by Crippen LogP contribution is -2.40. The second kappa shape index (κ2) is 8.82. The summed E-state index contributed by atoms with van der Waals surface area (Å²) in [5, 5.41) is 9.33. The molecule has 0 saturated carbocycles. The molecular weight excluding hydrogens is 414 g/mol. The highest BCUT2D eigenvalue weighted by atomic mass is 79.9. The van der Waals surface area contributed by atoms with Crippen molar-refractivity contribution >= 4 is 39.0 Å². The van der Waals surface area contributed by atoms with Gasteiger partial charge in [-0.2, -0.15) is 0 Å². The van der Waals surface area contributed by atoms with E-state index in [2.05, 4.69) is 22.0 Å². The molecule has 0 unspecified atom stereocenters. The number of carbonyl (C=O) groups excluding carboxylic acids is 2. The zero-order chi connectivity index (χ0) is 18.5. The highest BCUT2D eigenvalue weighted by molar-refractivity contribution is 9.11. The summed E-state index contributed by atoms with van der Waals surface area (Å²) in [5.41, 5.74) is 0.634. The van der Waals surface area contributed by atoms with Gasteiger partial charge < -0.3 is 10.0 Å². The number of phenols is 1. The first-order valence-corrected chi connectivity index (χ1v) is 10.5. The third kappa shape index (κ3) is 4.95. The van der Waals surface area contributed by atoms with Crippen molar-refractivity contribution in [3.63, 3.8) is 0 Å². The summed E-state index contributed by atoms with van der Waals surface area (Å²) >= 11 is 5.17. The van der Waals surface area contributed by atoms with Crippen LogP contribution in [0, 0.1) is 5.92 Å². The van der Waals surface area contributed by atoms with E-state index in [4.69, 9.17) is 0 Å². The molecule has 1 aliphatic heterocycles. The van der Waals surface area contributed by atoms with Crippen molar-refractivity contribution < 1.29 is 14.7 Å². The van der Waals surface area contributed by atoms with E-state index in [1.54, 1.807) is 23.5 Å². The minimum atomic E-state index is -0.0351. The second-order valence-electron chi connectivity index (χ2n) is 6.63. The second-order valence-corrected chi connectivity index (χ2v) is 9.17. The van der Waals surface area contributed by atoms with Crippen LogP contribution in [0.3, 0.4) is 0 Å². The molecule has 2 aromatic rings. The molecule has 4 nitrogen and oxygen atoms in total. The van der Waals surface area contributed by atoms with Gasteiger partial charge in [-0.05, 0) is 78.0 Å². The maximum atomic E-state index is 12.5. The number of piperidine rings is 1. The average molecular weight is 436 g/mol. The molecule has 3 rings (SSSR count). The molecule has 26 heavy (non-hydrogen) atoms. The van der Waals surface area contributed by atoms with Crippen LogP contribution in [0.25, 0.3) is 0 Å². The number of aryl methyl sites for hydroxylation is 1.